The summed E-state index contributed by atoms with van der Waals surface area (Å²) in [6, 6.07) is 6.78. The number of rotatable bonds is 2. The van der Waals surface area contributed by atoms with Crippen LogP contribution in [0.25, 0.3) is 0 Å². The van der Waals surface area contributed by atoms with Gasteiger partial charge in [-0.05, 0) is 49.3 Å². The maximum absolute atomic E-state index is 13.3. The van der Waals surface area contributed by atoms with Crippen LogP contribution in [0.15, 0.2) is 24.3 Å². The normalized spacial score (nSPS) is 31.7. The third-order valence-corrected chi connectivity index (χ3v) is 5.84. The number of carbonyl (C=O) groups is 1. The van der Waals surface area contributed by atoms with Crippen LogP contribution in [-0.4, -0.2) is 47.9 Å². The number of halogens is 1. The third kappa shape index (κ3) is 2.54. The molecule has 22 heavy (non-hydrogen) atoms. The van der Waals surface area contributed by atoms with Crippen molar-refractivity contribution in [2.45, 2.75) is 31.7 Å². The highest BCUT2D eigenvalue weighted by Crippen LogP contribution is 2.46. The molecule has 2 aliphatic carbocycles. The molecule has 0 radical (unpaired) electrons. The van der Waals surface area contributed by atoms with Crippen molar-refractivity contribution < 1.29 is 9.18 Å². The minimum atomic E-state index is -0.341. The van der Waals surface area contributed by atoms with Crippen LogP contribution in [0.1, 0.15) is 36.0 Å². The third-order valence-electron chi connectivity index (χ3n) is 5.84. The predicted octanol–water partition coefficient (Wildman–Crippen LogP) is 2.77. The van der Waals surface area contributed by atoms with Gasteiger partial charge >= 0.3 is 0 Å². The first-order valence-corrected chi connectivity index (χ1v) is 8.49. The maximum Gasteiger partial charge on any atom is 0.254 e. The Morgan fingerprint density at radius 2 is 1.91 bits per heavy atom. The largest absolute Gasteiger partial charge is 0.336 e. The molecule has 1 aliphatic heterocycles. The Bertz CT molecular complexity index is 568. The van der Waals surface area contributed by atoms with E-state index in [1.54, 1.807) is 12.1 Å². The zero-order chi connectivity index (χ0) is 15.1. The average Bonchev–Trinajstić information content (AvgIpc) is 3.17. The van der Waals surface area contributed by atoms with Crippen LogP contribution in [-0.2, 0) is 0 Å². The van der Waals surface area contributed by atoms with Crippen molar-refractivity contribution in [3.8, 4) is 0 Å². The highest BCUT2D eigenvalue weighted by molar-refractivity contribution is 5.94. The molecule has 0 spiro atoms. The smallest absolute Gasteiger partial charge is 0.254 e. The van der Waals surface area contributed by atoms with Gasteiger partial charge in [0.15, 0.2) is 0 Å². The molecule has 1 aromatic rings. The van der Waals surface area contributed by atoms with E-state index in [9.17, 15) is 9.18 Å². The zero-order valence-electron chi connectivity index (χ0n) is 12.9. The summed E-state index contributed by atoms with van der Waals surface area (Å²) in [4.78, 5) is 16.9. The second-order valence-electron chi connectivity index (χ2n) is 7.08. The molecule has 2 saturated carbocycles. The van der Waals surface area contributed by atoms with Crippen molar-refractivity contribution >= 4 is 5.91 Å². The summed E-state index contributed by atoms with van der Waals surface area (Å²) in [6.45, 7) is 3.47. The lowest BCUT2D eigenvalue weighted by Crippen LogP contribution is -2.53. The highest BCUT2D eigenvalue weighted by Gasteiger charge is 2.42. The molecule has 118 valence electrons. The van der Waals surface area contributed by atoms with Crippen molar-refractivity contribution in [1.82, 2.24) is 9.80 Å². The van der Waals surface area contributed by atoms with E-state index < -0.39 is 0 Å². The number of benzene rings is 1. The van der Waals surface area contributed by atoms with Gasteiger partial charge in [-0.1, -0.05) is 12.5 Å². The summed E-state index contributed by atoms with van der Waals surface area (Å²) in [5.41, 5.74) is 0.466. The second kappa shape index (κ2) is 5.65. The molecule has 3 aliphatic rings. The van der Waals surface area contributed by atoms with Gasteiger partial charge in [-0.3, -0.25) is 9.69 Å². The molecule has 2 bridgehead atoms. The average molecular weight is 302 g/mol. The van der Waals surface area contributed by atoms with Crippen molar-refractivity contribution in [2.24, 2.45) is 11.8 Å². The molecule has 3 nitrogen and oxygen atoms in total. The molecule has 3 fully saturated rings. The molecule has 4 heteroatoms. The fourth-order valence-corrected chi connectivity index (χ4v) is 4.72. The van der Waals surface area contributed by atoms with Crippen LogP contribution >= 0.6 is 0 Å². The molecule has 1 saturated heterocycles. The molecule has 3 atom stereocenters. The Balaban J connectivity index is 1.36. The minimum Gasteiger partial charge on any atom is -0.336 e. The van der Waals surface area contributed by atoms with Crippen LogP contribution in [0.3, 0.4) is 0 Å². The predicted molar refractivity (Wildman–Crippen MR) is 83.1 cm³/mol. The van der Waals surface area contributed by atoms with E-state index in [0.29, 0.717) is 5.56 Å². The molecular formula is C18H23FN2O. The first-order chi connectivity index (χ1) is 10.7. The monoisotopic (exact) mass is 302 g/mol. The zero-order valence-corrected chi connectivity index (χ0v) is 12.9. The number of nitrogens with zero attached hydrogens (tertiary/aromatic N) is 2. The van der Waals surface area contributed by atoms with E-state index in [4.69, 9.17) is 0 Å². The molecule has 0 unspecified atom stereocenters. The van der Waals surface area contributed by atoms with Crippen molar-refractivity contribution in [3.63, 3.8) is 0 Å². The van der Waals surface area contributed by atoms with E-state index in [0.717, 1.165) is 44.1 Å². The van der Waals surface area contributed by atoms with Gasteiger partial charge in [0, 0.05) is 37.8 Å². The second-order valence-corrected chi connectivity index (χ2v) is 7.08. The summed E-state index contributed by atoms with van der Waals surface area (Å²) < 4.78 is 13.3. The Kier molecular flexibility index (Phi) is 3.65. The molecule has 4 rings (SSSR count). The van der Waals surface area contributed by atoms with Crippen molar-refractivity contribution in [1.29, 1.82) is 0 Å². The summed E-state index contributed by atoms with van der Waals surface area (Å²) in [6.07, 6.45) is 5.62. The lowest BCUT2D eigenvalue weighted by Gasteiger charge is -2.41. The van der Waals surface area contributed by atoms with E-state index in [-0.39, 0.29) is 11.7 Å². The first-order valence-electron chi connectivity index (χ1n) is 8.49. The first kappa shape index (κ1) is 14.2. The summed E-state index contributed by atoms with van der Waals surface area (Å²) in [5, 5.41) is 0. The SMILES string of the molecule is O=C(c1cccc(F)c1)N1CCN([C@H]2C[C@H]3CC[C@@H]2C3)CC1. The number of piperazine rings is 1. The Hall–Kier alpha value is -1.42. The molecular weight excluding hydrogens is 279 g/mol. The standard InChI is InChI=1S/C18H23FN2O/c19-16-3-1-2-15(12-16)18(22)21-8-6-20(7-9-21)17-11-13-4-5-14(17)10-13/h1-3,12-14,17H,4-11H2/t13-,14+,17-/m0/s1. The van der Waals surface area contributed by atoms with Gasteiger partial charge in [-0.25, -0.2) is 4.39 Å². The van der Waals surface area contributed by atoms with Gasteiger partial charge in [0.1, 0.15) is 5.82 Å². The maximum atomic E-state index is 13.3. The van der Waals surface area contributed by atoms with E-state index in [2.05, 4.69) is 4.90 Å². The molecule has 1 amide bonds. The van der Waals surface area contributed by atoms with Gasteiger partial charge in [-0.15, -0.1) is 0 Å². The van der Waals surface area contributed by atoms with Crippen molar-refractivity contribution in [2.75, 3.05) is 26.2 Å². The molecule has 1 heterocycles. The van der Waals surface area contributed by atoms with Crippen LogP contribution in [0, 0.1) is 17.7 Å². The van der Waals surface area contributed by atoms with E-state index in [1.165, 1.54) is 37.8 Å². The van der Waals surface area contributed by atoms with Gasteiger partial charge < -0.3 is 4.90 Å². The van der Waals surface area contributed by atoms with Crippen molar-refractivity contribution in [3.05, 3.63) is 35.6 Å². The fraction of sp³-hybridized carbons (Fsp3) is 0.611. The fourth-order valence-electron chi connectivity index (χ4n) is 4.72. The van der Waals surface area contributed by atoms with Crippen LogP contribution in [0.4, 0.5) is 4.39 Å². The minimum absolute atomic E-state index is 0.0351. The summed E-state index contributed by atoms with van der Waals surface area (Å²) >= 11 is 0. The Morgan fingerprint density at radius 1 is 1.09 bits per heavy atom. The lowest BCUT2D eigenvalue weighted by molar-refractivity contribution is 0.0495. The van der Waals surface area contributed by atoms with E-state index in [1.807, 2.05) is 4.90 Å². The number of hydrogen-bond acceptors (Lipinski definition) is 2. The van der Waals surface area contributed by atoms with Crippen LogP contribution in [0.5, 0.6) is 0 Å². The lowest BCUT2D eigenvalue weighted by atomic mass is 9.93. The van der Waals surface area contributed by atoms with Crippen LogP contribution < -0.4 is 0 Å². The van der Waals surface area contributed by atoms with Crippen LogP contribution in [0.2, 0.25) is 0 Å². The quantitative estimate of drug-likeness (QED) is 0.839. The van der Waals surface area contributed by atoms with E-state index >= 15 is 0 Å². The number of fused-ring (bicyclic) bond motifs is 2. The van der Waals surface area contributed by atoms with Gasteiger partial charge in [0.25, 0.3) is 5.91 Å². The Morgan fingerprint density at radius 3 is 2.55 bits per heavy atom. The topological polar surface area (TPSA) is 23.6 Å². The summed E-state index contributed by atoms with van der Waals surface area (Å²) in [5.74, 6) is 1.48. The van der Waals surface area contributed by atoms with Gasteiger partial charge in [-0.2, -0.15) is 0 Å². The molecule has 0 N–H and O–H groups in total. The molecule has 1 aromatic carbocycles. The number of carbonyl (C=O) groups excluding carboxylic acids is 1. The highest BCUT2D eigenvalue weighted by atomic mass is 19.1. The number of hydrogen-bond donors (Lipinski definition) is 0. The van der Waals surface area contributed by atoms with Gasteiger partial charge in [0.05, 0.1) is 0 Å². The Labute approximate surface area is 131 Å². The number of amides is 1. The molecule has 0 aromatic heterocycles. The van der Waals surface area contributed by atoms with Gasteiger partial charge in [0.2, 0.25) is 0 Å². The summed E-state index contributed by atoms with van der Waals surface area (Å²) in [7, 11) is 0.